The number of carbonyl (C=O) groups is 1. The van der Waals surface area contributed by atoms with E-state index in [1.165, 1.54) is 0 Å². The molecule has 0 atom stereocenters. The van der Waals surface area contributed by atoms with Gasteiger partial charge in [0.25, 0.3) is 0 Å². The summed E-state index contributed by atoms with van der Waals surface area (Å²) in [4.78, 5) is 19.9. The summed E-state index contributed by atoms with van der Waals surface area (Å²) in [6.07, 6.45) is 2.69. The molecule has 1 N–H and O–H groups in total. The monoisotopic (exact) mass is 271 g/mol. The van der Waals surface area contributed by atoms with Gasteiger partial charge in [-0.1, -0.05) is 12.1 Å². The van der Waals surface area contributed by atoms with Gasteiger partial charge in [0.05, 0.1) is 7.11 Å². The minimum absolute atomic E-state index is 0.0913. The Kier molecular flexibility index (Phi) is 4.65. The minimum atomic E-state index is -0.0913. The van der Waals surface area contributed by atoms with Crippen LogP contribution in [0.4, 0.5) is 5.95 Å². The average Bonchev–Trinajstić information content (AvgIpc) is 2.46. The SMILES string of the molecule is COc1ccc(CCC(=O)Nc2nccc(C)n2)cc1. The predicted molar refractivity (Wildman–Crippen MR) is 76.7 cm³/mol. The lowest BCUT2D eigenvalue weighted by Crippen LogP contribution is -2.14. The Hall–Kier alpha value is -2.43. The van der Waals surface area contributed by atoms with Crippen molar-refractivity contribution in [3.63, 3.8) is 0 Å². The number of methoxy groups -OCH3 is 1. The predicted octanol–water partition coefficient (Wildman–Crippen LogP) is 2.36. The number of aryl methyl sites for hydroxylation is 2. The molecule has 0 saturated carbocycles. The van der Waals surface area contributed by atoms with Crippen LogP contribution in [0.1, 0.15) is 17.7 Å². The van der Waals surface area contributed by atoms with Gasteiger partial charge in [0, 0.05) is 18.3 Å². The molecule has 2 aromatic rings. The maximum absolute atomic E-state index is 11.8. The van der Waals surface area contributed by atoms with Crippen LogP contribution in [0.2, 0.25) is 0 Å². The first-order chi connectivity index (χ1) is 9.67. The smallest absolute Gasteiger partial charge is 0.229 e. The van der Waals surface area contributed by atoms with Gasteiger partial charge < -0.3 is 4.74 Å². The quantitative estimate of drug-likeness (QED) is 0.906. The Morgan fingerprint density at radius 2 is 2.00 bits per heavy atom. The Morgan fingerprint density at radius 3 is 2.65 bits per heavy atom. The van der Waals surface area contributed by atoms with Gasteiger partial charge in [0.1, 0.15) is 5.75 Å². The van der Waals surface area contributed by atoms with Gasteiger partial charge in [-0.3, -0.25) is 10.1 Å². The molecular formula is C15H17N3O2. The van der Waals surface area contributed by atoms with Crippen LogP contribution in [-0.4, -0.2) is 23.0 Å². The molecule has 0 bridgehead atoms. The Morgan fingerprint density at radius 1 is 1.25 bits per heavy atom. The molecule has 5 nitrogen and oxygen atoms in total. The van der Waals surface area contributed by atoms with E-state index in [9.17, 15) is 4.79 Å². The third-order valence-electron chi connectivity index (χ3n) is 2.85. The highest BCUT2D eigenvalue weighted by molar-refractivity contribution is 5.89. The standard InChI is InChI=1S/C15H17N3O2/c1-11-9-10-16-15(17-11)18-14(19)8-5-12-3-6-13(20-2)7-4-12/h3-4,6-7,9-10H,5,8H2,1-2H3,(H,16,17,18,19). The van der Waals surface area contributed by atoms with Crippen molar-refractivity contribution in [2.45, 2.75) is 19.8 Å². The number of amides is 1. The van der Waals surface area contributed by atoms with E-state index < -0.39 is 0 Å². The normalized spacial score (nSPS) is 10.1. The number of nitrogens with zero attached hydrogens (tertiary/aromatic N) is 2. The lowest BCUT2D eigenvalue weighted by atomic mass is 10.1. The summed E-state index contributed by atoms with van der Waals surface area (Å²) in [5, 5.41) is 2.69. The van der Waals surface area contributed by atoms with E-state index >= 15 is 0 Å². The molecule has 0 radical (unpaired) electrons. The lowest BCUT2D eigenvalue weighted by Gasteiger charge is -2.05. The maximum atomic E-state index is 11.8. The van der Waals surface area contributed by atoms with E-state index in [0.29, 0.717) is 18.8 Å². The van der Waals surface area contributed by atoms with Crippen LogP contribution in [0.15, 0.2) is 36.5 Å². The van der Waals surface area contributed by atoms with E-state index in [2.05, 4.69) is 15.3 Å². The average molecular weight is 271 g/mol. The molecule has 0 saturated heterocycles. The van der Waals surface area contributed by atoms with Gasteiger partial charge in [-0.15, -0.1) is 0 Å². The molecule has 1 heterocycles. The number of carbonyl (C=O) groups excluding carboxylic acids is 1. The third kappa shape index (κ3) is 4.05. The minimum Gasteiger partial charge on any atom is -0.497 e. The number of hydrogen-bond donors (Lipinski definition) is 1. The van der Waals surface area contributed by atoms with Gasteiger partial charge in [0.15, 0.2) is 0 Å². The summed E-state index contributed by atoms with van der Waals surface area (Å²) >= 11 is 0. The fourth-order valence-corrected chi connectivity index (χ4v) is 1.75. The van der Waals surface area contributed by atoms with Crippen molar-refractivity contribution < 1.29 is 9.53 Å². The second kappa shape index (κ2) is 6.65. The molecule has 1 aromatic heterocycles. The number of aromatic nitrogens is 2. The van der Waals surface area contributed by atoms with Crippen LogP contribution in [0.5, 0.6) is 5.75 Å². The Labute approximate surface area is 118 Å². The molecule has 0 aliphatic rings. The molecule has 2 rings (SSSR count). The zero-order valence-electron chi connectivity index (χ0n) is 11.6. The van der Waals surface area contributed by atoms with Gasteiger partial charge >= 0.3 is 0 Å². The lowest BCUT2D eigenvalue weighted by molar-refractivity contribution is -0.116. The van der Waals surface area contributed by atoms with Crippen molar-refractivity contribution in [3.8, 4) is 5.75 Å². The molecule has 0 unspecified atom stereocenters. The molecule has 1 amide bonds. The van der Waals surface area contributed by atoms with Gasteiger partial charge in [-0.2, -0.15) is 0 Å². The van der Waals surface area contributed by atoms with E-state index in [4.69, 9.17) is 4.74 Å². The van der Waals surface area contributed by atoms with Gasteiger partial charge in [0.2, 0.25) is 11.9 Å². The summed E-state index contributed by atoms with van der Waals surface area (Å²) in [6, 6.07) is 9.46. The number of ether oxygens (including phenoxy) is 1. The highest BCUT2D eigenvalue weighted by Gasteiger charge is 2.05. The molecule has 1 aromatic carbocycles. The number of anilines is 1. The van der Waals surface area contributed by atoms with Crippen molar-refractivity contribution in [2.24, 2.45) is 0 Å². The van der Waals surface area contributed by atoms with Crippen LogP contribution >= 0.6 is 0 Å². The number of rotatable bonds is 5. The molecule has 0 aliphatic carbocycles. The number of benzene rings is 1. The third-order valence-corrected chi connectivity index (χ3v) is 2.85. The van der Waals surface area contributed by atoms with Crippen LogP contribution in [0, 0.1) is 6.92 Å². The molecule has 104 valence electrons. The molecule has 0 fully saturated rings. The largest absolute Gasteiger partial charge is 0.497 e. The molecule has 0 spiro atoms. The topological polar surface area (TPSA) is 64.1 Å². The van der Waals surface area contributed by atoms with E-state index in [1.54, 1.807) is 19.4 Å². The summed E-state index contributed by atoms with van der Waals surface area (Å²) in [5.41, 5.74) is 1.91. The van der Waals surface area contributed by atoms with Crippen molar-refractivity contribution in [1.29, 1.82) is 0 Å². The Bertz CT molecular complexity index is 582. The van der Waals surface area contributed by atoms with Crippen molar-refractivity contribution in [3.05, 3.63) is 47.8 Å². The fourth-order valence-electron chi connectivity index (χ4n) is 1.75. The number of nitrogens with one attached hydrogen (secondary N) is 1. The second-order valence-corrected chi connectivity index (χ2v) is 4.42. The fraction of sp³-hybridized carbons (Fsp3) is 0.267. The molecule has 0 aliphatic heterocycles. The highest BCUT2D eigenvalue weighted by atomic mass is 16.5. The van der Waals surface area contributed by atoms with E-state index in [1.807, 2.05) is 31.2 Å². The van der Waals surface area contributed by atoms with Crippen LogP contribution in [-0.2, 0) is 11.2 Å². The zero-order chi connectivity index (χ0) is 14.4. The van der Waals surface area contributed by atoms with Gasteiger partial charge in [-0.25, -0.2) is 9.97 Å². The molecule has 20 heavy (non-hydrogen) atoms. The molecular weight excluding hydrogens is 254 g/mol. The first kappa shape index (κ1) is 14.0. The summed E-state index contributed by atoms with van der Waals surface area (Å²) in [6.45, 7) is 1.86. The van der Waals surface area contributed by atoms with Crippen LogP contribution < -0.4 is 10.1 Å². The first-order valence-corrected chi connectivity index (χ1v) is 6.40. The van der Waals surface area contributed by atoms with Crippen molar-refractivity contribution >= 4 is 11.9 Å². The zero-order valence-corrected chi connectivity index (χ0v) is 11.6. The van der Waals surface area contributed by atoms with E-state index in [-0.39, 0.29) is 5.91 Å². The summed E-state index contributed by atoms with van der Waals surface area (Å²) in [7, 11) is 1.63. The maximum Gasteiger partial charge on any atom is 0.229 e. The number of hydrogen-bond acceptors (Lipinski definition) is 4. The van der Waals surface area contributed by atoms with Gasteiger partial charge in [-0.05, 0) is 37.1 Å². The second-order valence-electron chi connectivity index (χ2n) is 4.42. The van der Waals surface area contributed by atoms with E-state index in [0.717, 1.165) is 17.0 Å². The van der Waals surface area contributed by atoms with Crippen molar-refractivity contribution in [2.75, 3.05) is 12.4 Å². The van der Waals surface area contributed by atoms with Crippen molar-refractivity contribution in [1.82, 2.24) is 9.97 Å². The molecule has 5 heteroatoms. The first-order valence-electron chi connectivity index (χ1n) is 6.40. The van der Waals surface area contributed by atoms with Crippen LogP contribution in [0.3, 0.4) is 0 Å². The summed E-state index contributed by atoms with van der Waals surface area (Å²) < 4.78 is 5.09. The highest BCUT2D eigenvalue weighted by Crippen LogP contribution is 2.12. The van der Waals surface area contributed by atoms with Crippen LogP contribution in [0.25, 0.3) is 0 Å². The Balaban J connectivity index is 1.85. The summed E-state index contributed by atoms with van der Waals surface area (Å²) in [5.74, 6) is 1.07.